The number of hydrogen-bond donors (Lipinski definition) is 3. The molecule has 0 saturated carbocycles. The summed E-state index contributed by atoms with van der Waals surface area (Å²) in [5.74, 6) is -0.988. The first-order chi connectivity index (χ1) is 10.3. The molecule has 1 atom stereocenters. The van der Waals surface area contributed by atoms with Gasteiger partial charge in [-0.05, 0) is 30.3 Å². The number of sulfonamides is 1. The Morgan fingerprint density at radius 3 is 2.23 bits per heavy atom. The van der Waals surface area contributed by atoms with Gasteiger partial charge in [-0.15, -0.1) is 0 Å². The van der Waals surface area contributed by atoms with Crippen LogP contribution in [0.1, 0.15) is 11.1 Å². The first-order valence-electron chi connectivity index (χ1n) is 6.44. The Kier molecular flexibility index (Phi) is 4.32. The second kappa shape index (κ2) is 5.88. The van der Waals surface area contributed by atoms with E-state index in [4.69, 9.17) is 5.73 Å². The maximum atomic E-state index is 11.9. The van der Waals surface area contributed by atoms with E-state index in [1.165, 1.54) is 31.3 Å². The number of nitrogens with one attached hydrogen (secondary N) is 1. The molecule has 0 aliphatic carbocycles. The Bertz CT molecular complexity index is 790. The van der Waals surface area contributed by atoms with E-state index in [2.05, 4.69) is 4.72 Å². The van der Waals surface area contributed by atoms with Crippen LogP contribution in [0.25, 0.3) is 0 Å². The average Bonchev–Trinajstić information content (AvgIpc) is 2.54. The normalized spacial score (nSPS) is 14.3. The standard InChI is InChI=1S/C15H16N2O4S/c1-17-22(20,21)13-9-5-8-12(10-13)15(19,14(16)18)11-6-3-2-4-7-11/h2-10,17,19H,1H3,(H2,16,18). The predicted octanol–water partition coefficient (Wildman–Crippen LogP) is 0.316. The summed E-state index contributed by atoms with van der Waals surface area (Å²) in [5.41, 5.74) is 3.61. The van der Waals surface area contributed by atoms with Crippen LogP contribution in [0.2, 0.25) is 0 Å². The number of rotatable bonds is 5. The molecular formula is C15H16N2O4S. The van der Waals surface area contributed by atoms with Gasteiger partial charge in [0.25, 0.3) is 5.91 Å². The van der Waals surface area contributed by atoms with E-state index in [-0.39, 0.29) is 16.0 Å². The minimum Gasteiger partial charge on any atom is -0.372 e. The number of hydrogen-bond acceptors (Lipinski definition) is 4. The summed E-state index contributed by atoms with van der Waals surface area (Å²) >= 11 is 0. The third-order valence-electron chi connectivity index (χ3n) is 3.38. The van der Waals surface area contributed by atoms with Crippen molar-refractivity contribution < 1.29 is 18.3 Å². The van der Waals surface area contributed by atoms with Crippen molar-refractivity contribution in [3.05, 3.63) is 65.7 Å². The highest BCUT2D eigenvalue weighted by Gasteiger charge is 2.38. The largest absolute Gasteiger partial charge is 0.372 e. The third kappa shape index (κ3) is 2.74. The molecular weight excluding hydrogens is 304 g/mol. The summed E-state index contributed by atoms with van der Waals surface area (Å²) < 4.78 is 25.9. The topological polar surface area (TPSA) is 109 Å². The van der Waals surface area contributed by atoms with Crippen LogP contribution in [0, 0.1) is 0 Å². The van der Waals surface area contributed by atoms with Crippen LogP contribution in [0.15, 0.2) is 59.5 Å². The van der Waals surface area contributed by atoms with E-state index >= 15 is 0 Å². The number of aliphatic hydroxyl groups is 1. The highest BCUT2D eigenvalue weighted by atomic mass is 32.2. The fourth-order valence-corrected chi connectivity index (χ4v) is 2.91. The van der Waals surface area contributed by atoms with Crippen LogP contribution in [0.3, 0.4) is 0 Å². The zero-order valence-electron chi connectivity index (χ0n) is 11.9. The van der Waals surface area contributed by atoms with Crippen molar-refractivity contribution in [2.75, 3.05) is 7.05 Å². The lowest BCUT2D eigenvalue weighted by Gasteiger charge is -2.26. The van der Waals surface area contributed by atoms with Gasteiger partial charge >= 0.3 is 0 Å². The molecule has 2 aromatic rings. The van der Waals surface area contributed by atoms with Gasteiger partial charge in [0.15, 0.2) is 5.60 Å². The zero-order chi connectivity index (χ0) is 16.4. The van der Waals surface area contributed by atoms with Crippen LogP contribution >= 0.6 is 0 Å². The van der Waals surface area contributed by atoms with Gasteiger partial charge in [0.2, 0.25) is 10.0 Å². The van der Waals surface area contributed by atoms with Gasteiger partial charge in [-0.2, -0.15) is 0 Å². The summed E-state index contributed by atoms with van der Waals surface area (Å²) in [5, 5.41) is 10.8. The maximum absolute atomic E-state index is 11.9. The molecule has 0 heterocycles. The molecule has 6 nitrogen and oxygen atoms in total. The van der Waals surface area contributed by atoms with Crippen molar-refractivity contribution in [1.82, 2.24) is 4.72 Å². The van der Waals surface area contributed by atoms with Crippen molar-refractivity contribution >= 4 is 15.9 Å². The van der Waals surface area contributed by atoms with Crippen LogP contribution < -0.4 is 10.5 Å². The first kappa shape index (κ1) is 16.2. The first-order valence-corrected chi connectivity index (χ1v) is 7.92. The van der Waals surface area contributed by atoms with Crippen molar-refractivity contribution in [2.24, 2.45) is 5.73 Å². The van der Waals surface area contributed by atoms with Crippen LogP contribution in [0.5, 0.6) is 0 Å². The van der Waals surface area contributed by atoms with Gasteiger partial charge in [0.05, 0.1) is 4.90 Å². The van der Waals surface area contributed by atoms with Crippen molar-refractivity contribution in [2.45, 2.75) is 10.5 Å². The quantitative estimate of drug-likeness (QED) is 0.737. The number of nitrogens with two attached hydrogens (primary N) is 1. The predicted molar refractivity (Wildman–Crippen MR) is 81.3 cm³/mol. The van der Waals surface area contributed by atoms with Gasteiger partial charge in [0, 0.05) is 0 Å². The average molecular weight is 320 g/mol. The molecule has 1 amide bonds. The van der Waals surface area contributed by atoms with Crippen molar-refractivity contribution in [1.29, 1.82) is 0 Å². The van der Waals surface area contributed by atoms with Gasteiger partial charge in [-0.25, -0.2) is 13.1 Å². The molecule has 0 radical (unpaired) electrons. The van der Waals surface area contributed by atoms with Crippen molar-refractivity contribution in [3.8, 4) is 0 Å². The van der Waals surface area contributed by atoms with Crippen LogP contribution in [-0.4, -0.2) is 26.5 Å². The Morgan fingerprint density at radius 1 is 1.09 bits per heavy atom. The van der Waals surface area contributed by atoms with Gasteiger partial charge in [0.1, 0.15) is 0 Å². The Morgan fingerprint density at radius 2 is 1.68 bits per heavy atom. The van der Waals surface area contributed by atoms with E-state index in [9.17, 15) is 18.3 Å². The Labute approximate surface area is 128 Å². The summed E-state index contributed by atoms with van der Waals surface area (Å²) in [4.78, 5) is 11.8. The van der Waals surface area contributed by atoms with Crippen molar-refractivity contribution in [3.63, 3.8) is 0 Å². The highest BCUT2D eigenvalue weighted by molar-refractivity contribution is 7.89. The molecule has 7 heteroatoms. The Hall–Kier alpha value is -2.22. The molecule has 0 spiro atoms. The SMILES string of the molecule is CNS(=O)(=O)c1cccc(C(O)(C(N)=O)c2ccccc2)c1. The lowest BCUT2D eigenvalue weighted by molar-refractivity contribution is -0.133. The minimum absolute atomic E-state index is 0.0666. The monoisotopic (exact) mass is 320 g/mol. The highest BCUT2D eigenvalue weighted by Crippen LogP contribution is 2.30. The molecule has 0 aliphatic heterocycles. The molecule has 4 N–H and O–H groups in total. The zero-order valence-corrected chi connectivity index (χ0v) is 12.7. The van der Waals surface area contributed by atoms with Crippen LogP contribution in [-0.2, 0) is 20.4 Å². The lowest BCUT2D eigenvalue weighted by atomic mass is 9.86. The second-order valence-electron chi connectivity index (χ2n) is 4.68. The van der Waals surface area contributed by atoms with E-state index in [1.807, 2.05) is 0 Å². The summed E-state index contributed by atoms with van der Waals surface area (Å²) in [6.45, 7) is 0. The lowest BCUT2D eigenvalue weighted by Crippen LogP contribution is -2.42. The molecule has 2 aromatic carbocycles. The molecule has 0 fully saturated rings. The summed E-state index contributed by atoms with van der Waals surface area (Å²) in [7, 11) is -2.42. The fraction of sp³-hybridized carbons (Fsp3) is 0.133. The number of amides is 1. The Balaban J connectivity index is 2.66. The molecule has 0 aliphatic rings. The summed E-state index contributed by atoms with van der Waals surface area (Å²) in [6, 6.07) is 13.6. The number of carbonyl (C=O) groups is 1. The molecule has 0 bridgehead atoms. The number of benzene rings is 2. The van der Waals surface area contributed by atoms with E-state index in [1.54, 1.807) is 30.3 Å². The van der Waals surface area contributed by atoms with E-state index in [0.717, 1.165) is 0 Å². The van der Waals surface area contributed by atoms with Gasteiger partial charge in [-0.3, -0.25) is 4.79 Å². The third-order valence-corrected chi connectivity index (χ3v) is 4.79. The summed E-state index contributed by atoms with van der Waals surface area (Å²) in [6.07, 6.45) is 0. The van der Waals surface area contributed by atoms with Crippen LogP contribution in [0.4, 0.5) is 0 Å². The molecule has 116 valence electrons. The maximum Gasteiger partial charge on any atom is 0.258 e. The molecule has 0 saturated heterocycles. The second-order valence-corrected chi connectivity index (χ2v) is 6.56. The number of carbonyl (C=O) groups excluding carboxylic acids is 1. The smallest absolute Gasteiger partial charge is 0.258 e. The molecule has 22 heavy (non-hydrogen) atoms. The van der Waals surface area contributed by atoms with E-state index in [0.29, 0.717) is 0 Å². The van der Waals surface area contributed by atoms with Gasteiger partial charge < -0.3 is 10.8 Å². The molecule has 0 aromatic heterocycles. The number of primary amides is 1. The molecule has 1 unspecified atom stereocenters. The molecule has 2 rings (SSSR count). The minimum atomic E-state index is -3.70. The van der Waals surface area contributed by atoms with Gasteiger partial charge in [-0.1, -0.05) is 42.5 Å². The van der Waals surface area contributed by atoms with E-state index < -0.39 is 21.5 Å². The fourth-order valence-electron chi connectivity index (χ4n) is 2.14.